The zero-order valence-corrected chi connectivity index (χ0v) is 21.5. The van der Waals surface area contributed by atoms with Crippen LogP contribution in [0.4, 0.5) is 16.2 Å². The second-order valence-electron chi connectivity index (χ2n) is 7.75. The molecule has 0 saturated carbocycles. The van der Waals surface area contributed by atoms with E-state index in [1.807, 2.05) is 0 Å². The molecule has 13 heteroatoms. The summed E-state index contributed by atoms with van der Waals surface area (Å²) in [6.45, 7) is 3.25. The summed E-state index contributed by atoms with van der Waals surface area (Å²) in [7, 11) is -4.80. The first kappa shape index (κ1) is 26.6. The minimum atomic E-state index is -4.80. The Hall–Kier alpha value is -4.42. The highest BCUT2D eigenvalue weighted by molar-refractivity contribution is 7.93. The number of para-hydroxylation sites is 1. The van der Waals surface area contributed by atoms with E-state index in [-0.39, 0.29) is 45.4 Å². The van der Waals surface area contributed by atoms with Crippen molar-refractivity contribution in [1.82, 2.24) is 0 Å². The Morgan fingerprint density at radius 3 is 2.45 bits per heavy atom. The first-order valence-corrected chi connectivity index (χ1v) is 12.8. The number of aryl methyl sites for hydroxylation is 1. The third kappa shape index (κ3) is 5.04. The summed E-state index contributed by atoms with van der Waals surface area (Å²) in [4.78, 5) is 35.8. The molecule has 1 heterocycles. The Morgan fingerprint density at radius 2 is 1.79 bits per heavy atom. The molecule has 0 aliphatic carbocycles. The number of nitro groups is 1. The summed E-state index contributed by atoms with van der Waals surface area (Å²) in [5.41, 5.74) is -0.596. The standard InChI is InChI=1S/C25H19ClN2O9S/c1-3-35-24(29)23-15(2)36-22-12-9-16(13-19(22)23)27(25(30)37-17-7-5-4-6-8-17)38(33,34)18-10-11-20(26)21(14-18)28(31)32/h4-14H,3H2,1-2H3. The van der Waals surface area contributed by atoms with Crippen molar-refractivity contribution >= 4 is 56.0 Å². The average molecular weight is 559 g/mol. The normalized spacial score (nSPS) is 11.2. The monoisotopic (exact) mass is 558 g/mol. The van der Waals surface area contributed by atoms with Crippen LogP contribution in [0.25, 0.3) is 11.0 Å². The van der Waals surface area contributed by atoms with Gasteiger partial charge in [0.25, 0.3) is 15.7 Å². The zero-order chi connectivity index (χ0) is 27.6. The number of nitro benzene ring substituents is 1. The molecule has 196 valence electrons. The van der Waals surface area contributed by atoms with E-state index in [1.54, 1.807) is 25.1 Å². The van der Waals surface area contributed by atoms with Crippen LogP contribution in [0, 0.1) is 17.0 Å². The molecule has 0 fully saturated rings. The number of furan rings is 1. The predicted octanol–water partition coefficient (Wildman–Crippen LogP) is 5.87. The maximum Gasteiger partial charge on any atom is 0.434 e. The summed E-state index contributed by atoms with van der Waals surface area (Å²) in [5, 5.41) is 11.3. The highest BCUT2D eigenvalue weighted by Crippen LogP contribution is 2.35. The Morgan fingerprint density at radius 1 is 1.08 bits per heavy atom. The van der Waals surface area contributed by atoms with Crippen molar-refractivity contribution in [2.75, 3.05) is 10.9 Å². The van der Waals surface area contributed by atoms with Crippen molar-refractivity contribution in [3.8, 4) is 5.75 Å². The van der Waals surface area contributed by atoms with Crippen molar-refractivity contribution < 1.29 is 36.8 Å². The molecule has 0 spiro atoms. The molecule has 38 heavy (non-hydrogen) atoms. The van der Waals surface area contributed by atoms with Crippen molar-refractivity contribution in [1.29, 1.82) is 0 Å². The van der Waals surface area contributed by atoms with E-state index in [0.717, 1.165) is 18.2 Å². The molecule has 0 bridgehead atoms. The number of fused-ring (bicyclic) bond motifs is 1. The van der Waals surface area contributed by atoms with Gasteiger partial charge in [-0.2, -0.15) is 4.31 Å². The summed E-state index contributed by atoms with van der Waals surface area (Å²) < 4.78 is 43.9. The van der Waals surface area contributed by atoms with Crippen molar-refractivity contribution in [2.45, 2.75) is 18.7 Å². The Bertz CT molecular complexity index is 1670. The fourth-order valence-corrected chi connectivity index (χ4v) is 5.19. The van der Waals surface area contributed by atoms with E-state index in [2.05, 4.69) is 0 Å². The Balaban J connectivity index is 1.91. The van der Waals surface area contributed by atoms with Gasteiger partial charge in [0.15, 0.2) is 0 Å². The topological polar surface area (TPSA) is 146 Å². The van der Waals surface area contributed by atoms with Gasteiger partial charge in [-0.15, -0.1) is 0 Å². The number of carbonyl (C=O) groups is 2. The van der Waals surface area contributed by atoms with E-state index in [9.17, 15) is 28.1 Å². The number of hydrogen-bond acceptors (Lipinski definition) is 9. The molecule has 0 N–H and O–H groups in total. The van der Waals surface area contributed by atoms with Crippen molar-refractivity contribution in [3.63, 3.8) is 0 Å². The van der Waals surface area contributed by atoms with Gasteiger partial charge in [0.1, 0.15) is 27.7 Å². The van der Waals surface area contributed by atoms with Gasteiger partial charge in [0.2, 0.25) is 0 Å². The molecule has 11 nitrogen and oxygen atoms in total. The van der Waals surface area contributed by atoms with Crippen LogP contribution in [0.3, 0.4) is 0 Å². The molecule has 4 rings (SSSR count). The second kappa shape index (κ2) is 10.5. The molecular formula is C25H19ClN2O9S. The average Bonchev–Trinajstić information content (AvgIpc) is 3.19. The molecule has 4 aromatic rings. The molecular weight excluding hydrogens is 540 g/mol. The predicted molar refractivity (Wildman–Crippen MR) is 137 cm³/mol. The number of carbonyl (C=O) groups excluding carboxylic acids is 2. The first-order chi connectivity index (χ1) is 18.0. The van der Waals surface area contributed by atoms with E-state index in [0.29, 0.717) is 4.31 Å². The van der Waals surface area contributed by atoms with E-state index in [1.165, 1.54) is 37.3 Å². The molecule has 0 radical (unpaired) electrons. The van der Waals surface area contributed by atoms with Gasteiger partial charge in [-0.25, -0.2) is 18.0 Å². The zero-order valence-electron chi connectivity index (χ0n) is 19.9. The van der Waals surface area contributed by atoms with Gasteiger partial charge in [-0.05, 0) is 56.3 Å². The van der Waals surface area contributed by atoms with Crippen molar-refractivity contribution in [3.05, 3.63) is 93.2 Å². The van der Waals surface area contributed by atoms with Gasteiger partial charge in [-0.3, -0.25) is 10.1 Å². The summed E-state index contributed by atoms with van der Waals surface area (Å²) >= 11 is 5.85. The molecule has 3 aromatic carbocycles. The SMILES string of the molecule is CCOC(=O)c1c(C)oc2ccc(N(C(=O)Oc3ccccc3)S(=O)(=O)c3ccc(Cl)c([N+](=O)[O-])c3)cc12. The fraction of sp³-hybridized carbons (Fsp3) is 0.120. The Kier molecular flexibility index (Phi) is 7.37. The van der Waals surface area contributed by atoms with Gasteiger partial charge < -0.3 is 13.9 Å². The van der Waals surface area contributed by atoms with Crippen LogP contribution in [0.2, 0.25) is 5.02 Å². The molecule has 1 amide bonds. The molecule has 0 saturated heterocycles. The third-order valence-electron chi connectivity index (χ3n) is 5.33. The highest BCUT2D eigenvalue weighted by atomic mass is 35.5. The quantitative estimate of drug-likeness (QED) is 0.154. The molecule has 0 atom stereocenters. The van der Waals surface area contributed by atoms with Crippen LogP contribution in [0.15, 0.2) is 76.0 Å². The molecule has 0 aliphatic rings. The van der Waals surface area contributed by atoms with Gasteiger partial charge in [0.05, 0.1) is 22.1 Å². The Labute approximate surface area is 221 Å². The van der Waals surface area contributed by atoms with Gasteiger partial charge >= 0.3 is 12.1 Å². The van der Waals surface area contributed by atoms with Crippen LogP contribution in [0.5, 0.6) is 5.75 Å². The maximum atomic E-state index is 13.8. The first-order valence-electron chi connectivity index (χ1n) is 11.0. The summed E-state index contributed by atoms with van der Waals surface area (Å²) in [5.74, 6) is -0.423. The number of hydrogen-bond donors (Lipinski definition) is 0. The number of amides is 1. The number of nitrogens with zero attached hydrogens (tertiary/aromatic N) is 2. The third-order valence-corrected chi connectivity index (χ3v) is 7.34. The number of rotatable bonds is 7. The highest BCUT2D eigenvalue weighted by Gasteiger charge is 2.35. The smallest absolute Gasteiger partial charge is 0.434 e. The van der Waals surface area contributed by atoms with Crippen molar-refractivity contribution in [2.24, 2.45) is 0 Å². The van der Waals surface area contributed by atoms with Crippen LogP contribution in [0.1, 0.15) is 23.0 Å². The number of benzene rings is 3. The van der Waals surface area contributed by atoms with Crippen LogP contribution in [-0.2, 0) is 14.8 Å². The lowest BCUT2D eigenvalue weighted by Crippen LogP contribution is -2.39. The van der Waals surface area contributed by atoms with Crippen LogP contribution < -0.4 is 9.04 Å². The van der Waals surface area contributed by atoms with E-state index in [4.69, 9.17) is 25.5 Å². The lowest BCUT2D eigenvalue weighted by molar-refractivity contribution is -0.384. The van der Waals surface area contributed by atoms with Gasteiger partial charge in [-0.1, -0.05) is 29.8 Å². The maximum absolute atomic E-state index is 13.8. The minimum Gasteiger partial charge on any atom is -0.462 e. The second-order valence-corrected chi connectivity index (χ2v) is 9.95. The van der Waals surface area contributed by atoms with Crippen LogP contribution >= 0.6 is 11.6 Å². The number of sulfonamides is 1. The van der Waals surface area contributed by atoms with E-state index >= 15 is 0 Å². The number of anilines is 1. The minimum absolute atomic E-state index is 0.0484. The fourth-order valence-electron chi connectivity index (χ4n) is 3.66. The lowest BCUT2D eigenvalue weighted by atomic mass is 10.1. The van der Waals surface area contributed by atoms with E-state index < -0.39 is 37.6 Å². The molecule has 1 aromatic heterocycles. The van der Waals surface area contributed by atoms with Gasteiger partial charge in [0, 0.05) is 11.5 Å². The number of halogens is 1. The molecule has 0 aliphatic heterocycles. The summed E-state index contributed by atoms with van der Waals surface area (Å²) in [6.07, 6.45) is -1.33. The lowest BCUT2D eigenvalue weighted by Gasteiger charge is -2.22. The molecule has 0 unspecified atom stereocenters. The number of esters is 1. The summed E-state index contributed by atoms with van der Waals surface area (Å²) in [6, 6.07) is 14.4. The number of ether oxygens (including phenoxy) is 2. The largest absolute Gasteiger partial charge is 0.462 e. The van der Waals surface area contributed by atoms with Crippen LogP contribution in [-0.4, -0.2) is 32.0 Å².